The third kappa shape index (κ3) is 4.69. The summed E-state index contributed by atoms with van der Waals surface area (Å²) in [4.78, 5) is 40.0. The molecule has 0 aliphatic carbocycles. The van der Waals surface area contributed by atoms with Crippen LogP contribution in [0.5, 0.6) is 0 Å². The van der Waals surface area contributed by atoms with E-state index in [2.05, 4.69) is 5.32 Å². The van der Waals surface area contributed by atoms with Crippen LogP contribution in [0.4, 0.5) is 0 Å². The standard InChI is InChI=1S/C17H29N3O3/c1-3-8-18-16(22)14-6-4-10-20(11-14)17(23)15-7-5-9-19(12-15)13(2)21/h14-15H,3-12H2,1-2H3,(H,18,22). The topological polar surface area (TPSA) is 69.7 Å². The van der Waals surface area contributed by atoms with E-state index in [1.165, 1.54) is 0 Å². The van der Waals surface area contributed by atoms with Crippen molar-refractivity contribution in [3.05, 3.63) is 0 Å². The number of nitrogens with zero attached hydrogens (tertiary/aromatic N) is 2. The maximum absolute atomic E-state index is 12.8. The highest BCUT2D eigenvalue weighted by Crippen LogP contribution is 2.23. The fraction of sp³-hybridized carbons (Fsp3) is 0.824. The van der Waals surface area contributed by atoms with Crippen LogP contribution in [0.15, 0.2) is 0 Å². The summed E-state index contributed by atoms with van der Waals surface area (Å²) in [5.41, 5.74) is 0. The first-order chi connectivity index (χ1) is 11.0. The van der Waals surface area contributed by atoms with Gasteiger partial charge >= 0.3 is 0 Å². The minimum absolute atomic E-state index is 0.0398. The number of amides is 3. The fourth-order valence-corrected chi connectivity index (χ4v) is 3.51. The van der Waals surface area contributed by atoms with Gasteiger partial charge in [0.2, 0.25) is 17.7 Å². The van der Waals surface area contributed by atoms with Crippen molar-refractivity contribution < 1.29 is 14.4 Å². The molecule has 0 aromatic heterocycles. The average molecular weight is 323 g/mol. The first-order valence-electron chi connectivity index (χ1n) is 8.85. The van der Waals surface area contributed by atoms with Gasteiger partial charge in [-0.25, -0.2) is 0 Å². The third-order valence-corrected chi connectivity index (χ3v) is 4.87. The smallest absolute Gasteiger partial charge is 0.227 e. The van der Waals surface area contributed by atoms with Crippen LogP contribution in [0, 0.1) is 11.8 Å². The molecule has 0 aromatic carbocycles. The SMILES string of the molecule is CCCNC(=O)C1CCCN(C(=O)C2CCCN(C(C)=O)C2)C1. The van der Waals surface area contributed by atoms with Gasteiger partial charge in [0.1, 0.15) is 0 Å². The molecule has 0 bridgehead atoms. The van der Waals surface area contributed by atoms with Crippen molar-refractivity contribution in [1.82, 2.24) is 15.1 Å². The highest BCUT2D eigenvalue weighted by molar-refractivity contribution is 5.83. The van der Waals surface area contributed by atoms with E-state index < -0.39 is 0 Å². The van der Waals surface area contributed by atoms with Crippen LogP contribution >= 0.6 is 0 Å². The summed E-state index contributed by atoms with van der Waals surface area (Å²) in [6.45, 7) is 6.80. The van der Waals surface area contributed by atoms with Crippen molar-refractivity contribution in [2.24, 2.45) is 11.8 Å². The van der Waals surface area contributed by atoms with Crippen LogP contribution in [-0.2, 0) is 14.4 Å². The minimum Gasteiger partial charge on any atom is -0.356 e. The van der Waals surface area contributed by atoms with Gasteiger partial charge in [-0.2, -0.15) is 0 Å². The number of nitrogens with one attached hydrogen (secondary N) is 1. The van der Waals surface area contributed by atoms with Crippen LogP contribution in [-0.4, -0.2) is 60.2 Å². The number of likely N-dealkylation sites (tertiary alicyclic amines) is 2. The highest BCUT2D eigenvalue weighted by atomic mass is 16.2. The van der Waals surface area contributed by atoms with Gasteiger partial charge in [0.25, 0.3) is 0 Å². The van der Waals surface area contributed by atoms with E-state index in [-0.39, 0.29) is 29.6 Å². The molecular weight excluding hydrogens is 294 g/mol. The van der Waals surface area contributed by atoms with Crippen LogP contribution in [0.3, 0.4) is 0 Å². The lowest BCUT2D eigenvalue weighted by Gasteiger charge is -2.37. The molecule has 0 aromatic rings. The number of rotatable bonds is 4. The van der Waals surface area contributed by atoms with E-state index in [1.54, 1.807) is 11.8 Å². The van der Waals surface area contributed by atoms with Crippen molar-refractivity contribution in [2.45, 2.75) is 46.0 Å². The molecule has 2 saturated heterocycles. The Bertz CT molecular complexity index is 452. The molecule has 6 nitrogen and oxygen atoms in total. The van der Waals surface area contributed by atoms with Crippen LogP contribution in [0.2, 0.25) is 0 Å². The van der Waals surface area contributed by atoms with Crippen molar-refractivity contribution >= 4 is 17.7 Å². The van der Waals surface area contributed by atoms with Crippen molar-refractivity contribution in [1.29, 1.82) is 0 Å². The maximum atomic E-state index is 12.8. The zero-order valence-corrected chi connectivity index (χ0v) is 14.3. The monoisotopic (exact) mass is 323 g/mol. The molecule has 0 spiro atoms. The zero-order valence-electron chi connectivity index (χ0n) is 14.3. The lowest BCUT2D eigenvalue weighted by Crippen LogP contribution is -2.50. The summed E-state index contributed by atoms with van der Waals surface area (Å²) in [5, 5.41) is 2.93. The Kier molecular flexibility index (Phi) is 6.42. The van der Waals surface area contributed by atoms with E-state index >= 15 is 0 Å². The molecule has 3 amide bonds. The molecule has 0 radical (unpaired) electrons. The lowest BCUT2D eigenvalue weighted by atomic mass is 9.92. The summed E-state index contributed by atoms with van der Waals surface area (Å²) in [5.74, 6) is 0.0251. The minimum atomic E-state index is -0.106. The molecule has 2 aliphatic heterocycles. The second-order valence-corrected chi connectivity index (χ2v) is 6.72. The Balaban J connectivity index is 1.91. The number of hydrogen-bond acceptors (Lipinski definition) is 3. The average Bonchev–Trinajstić information content (AvgIpc) is 2.59. The molecular formula is C17H29N3O3. The van der Waals surface area contributed by atoms with Crippen molar-refractivity contribution in [3.63, 3.8) is 0 Å². The van der Waals surface area contributed by atoms with Gasteiger partial charge in [-0.15, -0.1) is 0 Å². The quantitative estimate of drug-likeness (QED) is 0.839. The van der Waals surface area contributed by atoms with Crippen molar-refractivity contribution in [3.8, 4) is 0 Å². The Morgan fingerprint density at radius 3 is 2.26 bits per heavy atom. The Morgan fingerprint density at radius 1 is 1.00 bits per heavy atom. The van der Waals surface area contributed by atoms with Crippen LogP contribution < -0.4 is 5.32 Å². The molecule has 23 heavy (non-hydrogen) atoms. The lowest BCUT2D eigenvalue weighted by molar-refractivity contribution is -0.142. The predicted molar refractivity (Wildman–Crippen MR) is 87.6 cm³/mol. The normalized spacial score (nSPS) is 25.1. The van der Waals surface area contributed by atoms with Crippen LogP contribution in [0.25, 0.3) is 0 Å². The third-order valence-electron chi connectivity index (χ3n) is 4.87. The van der Waals surface area contributed by atoms with Gasteiger partial charge in [-0.05, 0) is 32.1 Å². The molecule has 0 saturated carbocycles. The Morgan fingerprint density at radius 2 is 1.61 bits per heavy atom. The first-order valence-corrected chi connectivity index (χ1v) is 8.85. The van der Waals surface area contributed by atoms with Crippen molar-refractivity contribution in [2.75, 3.05) is 32.7 Å². The Labute approximate surface area is 138 Å². The van der Waals surface area contributed by atoms with E-state index in [4.69, 9.17) is 0 Å². The zero-order chi connectivity index (χ0) is 16.8. The Hall–Kier alpha value is -1.59. The number of carbonyl (C=O) groups excluding carboxylic acids is 3. The fourth-order valence-electron chi connectivity index (χ4n) is 3.51. The second kappa shape index (κ2) is 8.31. The molecule has 2 rings (SSSR count). The number of hydrogen-bond donors (Lipinski definition) is 1. The largest absolute Gasteiger partial charge is 0.356 e. The van der Waals surface area contributed by atoms with E-state index in [1.807, 2.05) is 11.8 Å². The summed E-state index contributed by atoms with van der Waals surface area (Å²) in [7, 11) is 0. The number of piperidine rings is 2. The second-order valence-electron chi connectivity index (χ2n) is 6.72. The summed E-state index contributed by atoms with van der Waals surface area (Å²) >= 11 is 0. The van der Waals surface area contributed by atoms with E-state index in [0.717, 1.165) is 45.2 Å². The first kappa shape index (κ1) is 17.8. The van der Waals surface area contributed by atoms with Gasteiger partial charge < -0.3 is 15.1 Å². The van der Waals surface area contributed by atoms with E-state index in [0.29, 0.717) is 19.6 Å². The maximum Gasteiger partial charge on any atom is 0.227 e. The predicted octanol–water partition coefficient (Wildman–Crippen LogP) is 1.01. The molecule has 130 valence electrons. The van der Waals surface area contributed by atoms with E-state index in [9.17, 15) is 14.4 Å². The summed E-state index contributed by atoms with van der Waals surface area (Å²) in [6.07, 6.45) is 4.36. The number of carbonyl (C=O) groups is 3. The van der Waals surface area contributed by atoms with Gasteiger partial charge in [0.05, 0.1) is 11.8 Å². The molecule has 2 heterocycles. The summed E-state index contributed by atoms with van der Waals surface area (Å²) in [6, 6.07) is 0. The molecule has 2 fully saturated rings. The van der Waals surface area contributed by atoms with Gasteiger partial charge in [0.15, 0.2) is 0 Å². The van der Waals surface area contributed by atoms with Gasteiger partial charge in [-0.1, -0.05) is 6.92 Å². The summed E-state index contributed by atoms with van der Waals surface area (Å²) < 4.78 is 0. The molecule has 6 heteroatoms. The molecule has 1 N–H and O–H groups in total. The van der Waals surface area contributed by atoms with Gasteiger partial charge in [0, 0.05) is 39.6 Å². The molecule has 2 atom stereocenters. The van der Waals surface area contributed by atoms with Gasteiger partial charge in [-0.3, -0.25) is 14.4 Å². The highest BCUT2D eigenvalue weighted by Gasteiger charge is 2.34. The molecule has 2 aliphatic rings. The van der Waals surface area contributed by atoms with Crippen LogP contribution in [0.1, 0.15) is 46.0 Å². The molecule has 2 unspecified atom stereocenters.